The van der Waals surface area contributed by atoms with Gasteiger partial charge in [0.1, 0.15) is 0 Å². The van der Waals surface area contributed by atoms with E-state index in [0.717, 1.165) is 50.0 Å². The fraction of sp³-hybridized carbons (Fsp3) is 0.333. The molecule has 38 heavy (non-hydrogen) atoms. The standard InChI is InChI=1S/C36H36N2/c1-2-9-27(10-3-1)37(36-32-13-8-14-33(32)36)28-21-17-25(18-22-28)26-19-23-29(24-20-26)38-34-15-6-4-11-30(34)31-12-5-7-16-35(31)38/h1-4,7,9-11,16-21,23-24,28,32-33,36H,5-6,8,12-15,22H2/t28?,32-,33?,36?/m0/s1. The van der Waals surface area contributed by atoms with Gasteiger partial charge in [-0.25, -0.2) is 0 Å². The molecule has 0 bridgehead atoms. The predicted octanol–water partition coefficient (Wildman–Crippen LogP) is 8.41. The first-order chi connectivity index (χ1) is 18.9. The summed E-state index contributed by atoms with van der Waals surface area (Å²) in [6.07, 6.45) is 26.6. The molecule has 3 unspecified atom stereocenters. The van der Waals surface area contributed by atoms with Crippen molar-refractivity contribution in [3.63, 3.8) is 0 Å². The van der Waals surface area contributed by atoms with Gasteiger partial charge in [-0.05, 0) is 109 Å². The van der Waals surface area contributed by atoms with E-state index in [4.69, 9.17) is 0 Å². The molecule has 0 spiro atoms. The van der Waals surface area contributed by atoms with E-state index in [0.29, 0.717) is 6.04 Å². The third-order valence-electron chi connectivity index (χ3n) is 9.76. The summed E-state index contributed by atoms with van der Waals surface area (Å²) < 4.78 is 2.53. The second kappa shape index (κ2) is 9.05. The number of anilines is 1. The number of benzene rings is 2. The molecule has 2 aromatic carbocycles. The highest BCUT2D eigenvalue weighted by atomic mass is 15.2. The Morgan fingerprint density at radius 2 is 1.58 bits per heavy atom. The zero-order chi connectivity index (χ0) is 25.1. The Balaban J connectivity index is 1.05. The third-order valence-corrected chi connectivity index (χ3v) is 9.76. The summed E-state index contributed by atoms with van der Waals surface area (Å²) in [6, 6.07) is 21.7. The Morgan fingerprint density at radius 1 is 0.789 bits per heavy atom. The largest absolute Gasteiger partial charge is 0.361 e. The molecule has 0 aliphatic heterocycles. The van der Waals surface area contributed by atoms with Crippen molar-refractivity contribution in [1.29, 1.82) is 0 Å². The quantitative estimate of drug-likeness (QED) is 0.344. The summed E-state index contributed by atoms with van der Waals surface area (Å²) in [5.41, 5.74) is 11.3. The summed E-state index contributed by atoms with van der Waals surface area (Å²) in [5, 5.41) is 0. The number of fused-ring (bicyclic) bond motifs is 4. The highest BCUT2D eigenvalue weighted by molar-refractivity contribution is 5.77. The zero-order valence-electron chi connectivity index (χ0n) is 22.1. The van der Waals surface area contributed by atoms with E-state index in [1.807, 2.05) is 0 Å². The summed E-state index contributed by atoms with van der Waals surface area (Å²) >= 11 is 0. The Hall–Kier alpha value is -3.52. The van der Waals surface area contributed by atoms with Gasteiger partial charge in [0.25, 0.3) is 0 Å². The molecule has 1 heterocycles. The minimum Gasteiger partial charge on any atom is -0.361 e. The van der Waals surface area contributed by atoms with Gasteiger partial charge < -0.3 is 9.47 Å². The van der Waals surface area contributed by atoms with Gasteiger partial charge in [-0.2, -0.15) is 0 Å². The number of para-hydroxylation sites is 1. The van der Waals surface area contributed by atoms with Crippen molar-refractivity contribution in [2.75, 3.05) is 4.90 Å². The van der Waals surface area contributed by atoms with Crippen LogP contribution in [0.25, 0.3) is 23.4 Å². The molecule has 1 aromatic heterocycles. The molecule has 0 amide bonds. The molecule has 2 fully saturated rings. The SMILES string of the molecule is C1=Cc2c(c3c(n2-c2ccc(C4=CCC(N(c5ccccc5)C5C6CCC[C@@H]65)C=C4)cc2)CCC=C3)CC1. The van der Waals surface area contributed by atoms with Crippen LogP contribution in [0.3, 0.4) is 0 Å². The molecule has 5 aliphatic rings. The number of nitrogens with zero attached hydrogens (tertiary/aromatic N) is 2. The van der Waals surface area contributed by atoms with Crippen molar-refractivity contribution in [3.8, 4) is 5.69 Å². The van der Waals surface area contributed by atoms with Crippen LogP contribution in [0.4, 0.5) is 5.69 Å². The number of rotatable bonds is 5. The van der Waals surface area contributed by atoms with E-state index in [1.54, 1.807) is 0 Å². The summed E-state index contributed by atoms with van der Waals surface area (Å²) in [4.78, 5) is 2.75. The van der Waals surface area contributed by atoms with Gasteiger partial charge in [0.05, 0.1) is 6.04 Å². The monoisotopic (exact) mass is 496 g/mol. The second-order valence-electron chi connectivity index (χ2n) is 11.8. The smallest absolute Gasteiger partial charge is 0.0514 e. The van der Waals surface area contributed by atoms with Crippen molar-refractivity contribution >= 4 is 23.4 Å². The van der Waals surface area contributed by atoms with Gasteiger partial charge >= 0.3 is 0 Å². The molecule has 2 saturated carbocycles. The molecule has 190 valence electrons. The highest BCUT2D eigenvalue weighted by Gasteiger charge is 2.56. The molecule has 0 N–H and O–H groups in total. The number of allylic oxidation sites excluding steroid dienone is 4. The van der Waals surface area contributed by atoms with Crippen molar-refractivity contribution in [2.24, 2.45) is 11.8 Å². The number of hydrogen-bond acceptors (Lipinski definition) is 1. The third kappa shape index (κ3) is 3.61. The van der Waals surface area contributed by atoms with Gasteiger partial charge in [0.15, 0.2) is 0 Å². The maximum Gasteiger partial charge on any atom is 0.0514 e. The maximum absolute atomic E-state index is 2.75. The van der Waals surface area contributed by atoms with E-state index in [-0.39, 0.29) is 0 Å². The van der Waals surface area contributed by atoms with Crippen LogP contribution in [0.2, 0.25) is 0 Å². The molecule has 4 atom stereocenters. The van der Waals surface area contributed by atoms with Crippen molar-refractivity contribution < 1.29 is 0 Å². The van der Waals surface area contributed by atoms with Gasteiger partial charge in [0, 0.05) is 28.8 Å². The maximum atomic E-state index is 2.75. The van der Waals surface area contributed by atoms with Gasteiger partial charge in [-0.15, -0.1) is 0 Å². The van der Waals surface area contributed by atoms with Crippen LogP contribution in [-0.4, -0.2) is 16.7 Å². The number of aromatic nitrogens is 1. The average molecular weight is 497 g/mol. The first-order valence-corrected chi connectivity index (χ1v) is 14.8. The molecule has 2 nitrogen and oxygen atoms in total. The van der Waals surface area contributed by atoms with Crippen molar-refractivity contribution in [1.82, 2.24) is 4.57 Å². The normalized spacial score (nSPS) is 26.5. The van der Waals surface area contributed by atoms with Crippen LogP contribution in [0.15, 0.2) is 85.0 Å². The fourth-order valence-electron chi connectivity index (χ4n) is 7.95. The molecule has 5 aliphatic carbocycles. The van der Waals surface area contributed by atoms with E-state index in [9.17, 15) is 0 Å². The van der Waals surface area contributed by atoms with Gasteiger partial charge in [-0.3, -0.25) is 0 Å². The minimum atomic E-state index is 0.453. The Labute approximate surface area is 226 Å². The first-order valence-electron chi connectivity index (χ1n) is 14.8. The summed E-state index contributed by atoms with van der Waals surface area (Å²) in [7, 11) is 0. The minimum absolute atomic E-state index is 0.453. The first kappa shape index (κ1) is 22.5. The fourth-order valence-corrected chi connectivity index (χ4v) is 7.95. The molecule has 2 heteroatoms. The predicted molar refractivity (Wildman–Crippen MR) is 160 cm³/mol. The lowest BCUT2D eigenvalue weighted by atomic mass is 9.95. The van der Waals surface area contributed by atoms with E-state index in [1.165, 1.54) is 64.3 Å². The summed E-state index contributed by atoms with van der Waals surface area (Å²) in [5.74, 6) is 1.83. The zero-order valence-corrected chi connectivity index (χ0v) is 22.1. The lowest BCUT2D eigenvalue weighted by molar-refractivity contribution is 0.583. The molecule has 3 aromatic rings. The lowest BCUT2D eigenvalue weighted by Crippen LogP contribution is -2.38. The van der Waals surface area contributed by atoms with E-state index >= 15 is 0 Å². The second-order valence-corrected chi connectivity index (χ2v) is 11.8. The van der Waals surface area contributed by atoms with Crippen molar-refractivity contribution in [2.45, 2.75) is 63.5 Å². The van der Waals surface area contributed by atoms with Crippen molar-refractivity contribution in [3.05, 3.63) is 113 Å². The molecule has 0 saturated heterocycles. The Kier molecular flexibility index (Phi) is 5.35. The Morgan fingerprint density at radius 3 is 2.37 bits per heavy atom. The van der Waals surface area contributed by atoms with E-state index < -0.39 is 0 Å². The lowest BCUT2D eigenvalue weighted by Gasteiger charge is -2.35. The average Bonchev–Trinajstić information content (AvgIpc) is 3.30. The van der Waals surface area contributed by atoms with Gasteiger partial charge in [-0.1, -0.05) is 73.2 Å². The number of hydrogen-bond donors (Lipinski definition) is 0. The van der Waals surface area contributed by atoms with Crippen LogP contribution in [0.5, 0.6) is 0 Å². The van der Waals surface area contributed by atoms with Crippen LogP contribution < -0.4 is 4.90 Å². The topological polar surface area (TPSA) is 8.17 Å². The Bertz CT molecular complexity index is 1470. The van der Waals surface area contributed by atoms with Crippen LogP contribution in [-0.2, 0) is 12.8 Å². The van der Waals surface area contributed by atoms with Gasteiger partial charge in [0.2, 0.25) is 0 Å². The molecule has 8 rings (SSSR count). The van der Waals surface area contributed by atoms with Crippen LogP contribution in [0, 0.1) is 11.8 Å². The molecule has 0 radical (unpaired) electrons. The van der Waals surface area contributed by atoms with Crippen LogP contribution in [0.1, 0.15) is 66.6 Å². The highest BCUT2D eigenvalue weighted by Crippen LogP contribution is 2.56. The molecular formula is C36H36N2. The van der Waals surface area contributed by atoms with Crippen LogP contribution >= 0.6 is 0 Å². The van der Waals surface area contributed by atoms with E-state index in [2.05, 4.69) is 107 Å². The summed E-state index contributed by atoms with van der Waals surface area (Å²) in [6.45, 7) is 0. The molecular weight excluding hydrogens is 460 g/mol.